The van der Waals surface area contributed by atoms with E-state index in [-0.39, 0.29) is 11.9 Å². The number of benzene rings is 2. The molecule has 4 nitrogen and oxygen atoms in total. The second-order valence-electron chi connectivity index (χ2n) is 8.53. The molecule has 1 fully saturated rings. The van der Waals surface area contributed by atoms with E-state index in [1.165, 1.54) is 16.0 Å². The first-order valence-electron chi connectivity index (χ1n) is 11.4. The lowest BCUT2D eigenvalue weighted by Crippen LogP contribution is -3.29. The third-order valence-corrected chi connectivity index (χ3v) is 6.48. The largest absolute Gasteiger partial charge is 0.322 e. The second-order valence-corrected chi connectivity index (χ2v) is 8.53. The molecular weight excluding hydrogens is 370 g/mol. The Labute approximate surface area is 181 Å². The van der Waals surface area contributed by atoms with Crippen molar-refractivity contribution >= 4 is 17.7 Å². The van der Waals surface area contributed by atoms with Crippen LogP contribution in [0.1, 0.15) is 44.2 Å². The molecule has 0 radical (unpaired) electrons. The van der Waals surface area contributed by atoms with Crippen LogP contribution in [0.2, 0.25) is 0 Å². The molecular formula is C26H37N3O+2. The van der Waals surface area contributed by atoms with E-state index in [4.69, 9.17) is 0 Å². The number of anilines is 1. The van der Waals surface area contributed by atoms with Crippen LogP contribution >= 0.6 is 0 Å². The van der Waals surface area contributed by atoms with E-state index in [1.54, 1.807) is 4.90 Å². The van der Waals surface area contributed by atoms with Gasteiger partial charge >= 0.3 is 0 Å². The molecule has 1 saturated heterocycles. The molecule has 1 aliphatic rings. The van der Waals surface area contributed by atoms with Crippen molar-refractivity contribution < 1.29 is 14.6 Å². The van der Waals surface area contributed by atoms with Crippen molar-refractivity contribution in [1.29, 1.82) is 0 Å². The van der Waals surface area contributed by atoms with Crippen LogP contribution in [0, 0.1) is 0 Å². The van der Waals surface area contributed by atoms with Gasteiger partial charge in [-0.3, -0.25) is 4.79 Å². The fraction of sp³-hybridized carbons (Fsp3) is 0.423. The topological polar surface area (TPSA) is 38.0 Å². The Morgan fingerprint density at radius 2 is 1.67 bits per heavy atom. The molecule has 1 amide bonds. The number of carbonyl (C=O) groups is 1. The summed E-state index contributed by atoms with van der Waals surface area (Å²) in [4.78, 5) is 15.9. The predicted octanol–water partition coefficient (Wildman–Crippen LogP) is 2.02. The molecule has 2 aromatic rings. The standard InChI is InChI=1S/C26H35N3O/c1-4-21(2)24-14-8-9-15-25(24)27-26(30)22(3)29-19-17-28(18-20-29)16-10-13-23-11-6-5-7-12-23/h5-15,21-22H,4,16-20H2,1-3H3,(H,27,30)/p+2/b13-10+/t21-,22-/m1/s1. The molecule has 0 spiro atoms. The fourth-order valence-corrected chi connectivity index (χ4v) is 4.17. The molecule has 1 heterocycles. The first kappa shape index (κ1) is 22.3. The zero-order valence-electron chi connectivity index (χ0n) is 18.7. The van der Waals surface area contributed by atoms with Crippen molar-refractivity contribution in [2.75, 3.05) is 38.0 Å². The lowest BCUT2D eigenvalue weighted by atomic mass is 9.97. The number of hydrogen-bond acceptors (Lipinski definition) is 1. The SMILES string of the molecule is CC[C@@H](C)c1ccccc1NC(=O)[C@@H](C)[NH+]1CC[NH+](C/C=C/c2ccccc2)CC1. The van der Waals surface area contributed by atoms with E-state index in [2.05, 4.69) is 74.6 Å². The number of amides is 1. The Hall–Kier alpha value is -2.43. The zero-order valence-corrected chi connectivity index (χ0v) is 18.7. The van der Waals surface area contributed by atoms with Gasteiger partial charge in [-0.05, 0) is 42.5 Å². The summed E-state index contributed by atoms with van der Waals surface area (Å²) in [5.41, 5.74) is 3.46. The summed E-state index contributed by atoms with van der Waals surface area (Å²) in [5, 5.41) is 3.21. The predicted molar refractivity (Wildman–Crippen MR) is 125 cm³/mol. The Balaban J connectivity index is 1.48. The van der Waals surface area contributed by atoms with Gasteiger partial charge in [0.2, 0.25) is 0 Å². The fourth-order valence-electron chi connectivity index (χ4n) is 4.17. The van der Waals surface area contributed by atoms with Gasteiger partial charge in [-0.1, -0.05) is 68.5 Å². The summed E-state index contributed by atoms with van der Waals surface area (Å²) in [6.07, 6.45) is 5.55. The molecule has 0 unspecified atom stereocenters. The monoisotopic (exact) mass is 407 g/mol. The Bertz CT molecular complexity index is 825. The van der Waals surface area contributed by atoms with Crippen LogP contribution in [-0.4, -0.2) is 44.7 Å². The van der Waals surface area contributed by atoms with Gasteiger partial charge in [0.05, 0.1) is 6.54 Å². The van der Waals surface area contributed by atoms with Crippen molar-refractivity contribution in [2.24, 2.45) is 0 Å². The quantitative estimate of drug-likeness (QED) is 0.616. The molecule has 0 bridgehead atoms. The summed E-state index contributed by atoms with van der Waals surface area (Å²) >= 11 is 0. The molecule has 160 valence electrons. The van der Waals surface area contributed by atoms with E-state index in [9.17, 15) is 4.79 Å². The van der Waals surface area contributed by atoms with Crippen LogP contribution in [0.25, 0.3) is 6.08 Å². The van der Waals surface area contributed by atoms with Gasteiger partial charge in [0.25, 0.3) is 5.91 Å². The third kappa shape index (κ3) is 6.04. The minimum Gasteiger partial charge on any atom is -0.322 e. The highest BCUT2D eigenvalue weighted by Crippen LogP contribution is 2.26. The second kappa shape index (κ2) is 11.1. The highest BCUT2D eigenvalue weighted by molar-refractivity contribution is 5.94. The van der Waals surface area contributed by atoms with Crippen LogP contribution in [0.4, 0.5) is 5.69 Å². The maximum absolute atomic E-state index is 12.9. The Morgan fingerprint density at radius 1 is 1.00 bits per heavy atom. The van der Waals surface area contributed by atoms with Crippen molar-refractivity contribution in [2.45, 2.75) is 39.2 Å². The molecule has 4 heteroatoms. The summed E-state index contributed by atoms with van der Waals surface area (Å²) in [6, 6.07) is 18.6. The molecule has 30 heavy (non-hydrogen) atoms. The van der Waals surface area contributed by atoms with Crippen LogP contribution < -0.4 is 15.1 Å². The molecule has 2 atom stereocenters. The van der Waals surface area contributed by atoms with Gasteiger partial charge in [-0.15, -0.1) is 0 Å². The summed E-state index contributed by atoms with van der Waals surface area (Å²) in [5.74, 6) is 0.577. The Morgan fingerprint density at radius 3 is 2.37 bits per heavy atom. The number of quaternary nitrogens is 2. The van der Waals surface area contributed by atoms with Crippen LogP contribution in [0.5, 0.6) is 0 Å². The minimum atomic E-state index is -0.0311. The molecule has 3 N–H and O–H groups in total. The van der Waals surface area contributed by atoms with Crippen molar-refractivity contribution in [3.05, 3.63) is 71.8 Å². The van der Waals surface area contributed by atoms with Gasteiger partial charge in [0, 0.05) is 5.69 Å². The van der Waals surface area contributed by atoms with Gasteiger partial charge in [-0.25, -0.2) is 0 Å². The highest BCUT2D eigenvalue weighted by atomic mass is 16.2. The number of rotatable bonds is 8. The average molecular weight is 408 g/mol. The number of piperazine rings is 1. The van der Waals surface area contributed by atoms with E-state index in [0.29, 0.717) is 5.92 Å². The van der Waals surface area contributed by atoms with Crippen LogP contribution in [-0.2, 0) is 4.79 Å². The lowest BCUT2D eigenvalue weighted by Gasteiger charge is -2.32. The van der Waals surface area contributed by atoms with E-state index in [0.717, 1.165) is 44.8 Å². The zero-order chi connectivity index (χ0) is 21.3. The average Bonchev–Trinajstić information content (AvgIpc) is 2.79. The molecule has 3 rings (SSSR count). The van der Waals surface area contributed by atoms with Gasteiger partial charge in [0.1, 0.15) is 26.2 Å². The summed E-state index contributed by atoms with van der Waals surface area (Å²) < 4.78 is 0. The maximum Gasteiger partial charge on any atom is 0.282 e. The summed E-state index contributed by atoms with van der Waals surface area (Å²) in [7, 11) is 0. The van der Waals surface area contributed by atoms with E-state index >= 15 is 0 Å². The first-order valence-corrected chi connectivity index (χ1v) is 11.4. The van der Waals surface area contributed by atoms with Gasteiger partial charge in [0.15, 0.2) is 6.04 Å². The van der Waals surface area contributed by atoms with Gasteiger partial charge < -0.3 is 15.1 Å². The van der Waals surface area contributed by atoms with Crippen molar-refractivity contribution in [3.63, 3.8) is 0 Å². The van der Waals surface area contributed by atoms with E-state index < -0.39 is 0 Å². The molecule has 0 aliphatic carbocycles. The molecule has 0 aromatic heterocycles. The lowest BCUT2D eigenvalue weighted by molar-refractivity contribution is -1.02. The van der Waals surface area contributed by atoms with Crippen LogP contribution in [0.15, 0.2) is 60.7 Å². The summed E-state index contributed by atoms with van der Waals surface area (Å²) in [6.45, 7) is 11.8. The number of para-hydroxylation sites is 1. The Kier molecular flexibility index (Phi) is 8.23. The van der Waals surface area contributed by atoms with Crippen LogP contribution in [0.3, 0.4) is 0 Å². The molecule has 0 saturated carbocycles. The molecule has 2 aromatic carbocycles. The third-order valence-electron chi connectivity index (χ3n) is 6.48. The van der Waals surface area contributed by atoms with Crippen molar-refractivity contribution in [3.8, 4) is 0 Å². The van der Waals surface area contributed by atoms with E-state index in [1.807, 2.05) is 18.2 Å². The normalized spacial score (nSPS) is 21.3. The van der Waals surface area contributed by atoms with Gasteiger partial charge in [-0.2, -0.15) is 0 Å². The minimum absolute atomic E-state index is 0.0311. The van der Waals surface area contributed by atoms with Crippen molar-refractivity contribution in [1.82, 2.24) is 0 Å². The number of nitrogens with one attached hydrogen (secondary N) is 3. The number of hydrogen-bond donors (Lipinski definition) is 3. The first-order chi connectivity index (χ1) is 14.6. The highest BCUT2D eigenvalue weighted by Gasteiger charge is 2.31. The number of carbonyl (C=O) groups excluding carboxylic acids is 1. The smallest absolute Gasteiger partial charge is 0.282 e. The maximum atomic E-state index is 12.9. The molecule has 1 aliphatic heterocycles.